The molecule has 0 radical (unpaired) electrons. The molecule has 31 heavy (non-hydrogen) atoms. The minimum Gasteiger partial charge on any atom is -0.444 e. The van der Waals surface area contributed by atoms with Crippen molar-refractivity contribution >= 4 is 12.2 Å². The SMILES string of the molecule is CC.CC(C)(C)OC(=O)N1CCC(=Cc2cccc(Oc3ccc(CO)cn3)c2)CC1. The molecule has 1 aromatic heterocycles. The molecule has 0 aliphatic carbocycles. The standard InChI is InChI=1S/C23H28N2O4.C2H6/c1-23(2,3)29-22(27)25-11-9-17(10-12-25)13-18-5-4-6-20(14-18)28-21-8-7-19(16-26)15-24-21;1-2/h4-8,13-15,26H,9-12,16H2,1-3H3;1-2H3. The Bertz CT molecular complexity index is 860. The van der Waals surface area contributed by atoms with Gasteiger partial charge in [0.05, 0.1) is 6.61 Å². The third-order valence-electron chi connectivity index (χ3n) is 4.49. The highest BCUT2D eigenvalue weighted by atomic mass is 16.6. The molecule has 1 amide bonds. The molecule has 1 saturated heterocycles. The average molecular weight is 427 g/mol. The minimum absolute atomic E-state index is 0.0400. The van der Waals surface area contributed by atoms with Crippen molar-refractivity contribution in [2.24, 2.45) is 0 Å². The van der Waals surface area contributed by atoms with E-state index in [1.807, 2.05) is 58.9 Å². The number of rotatable bonds is 4. The molecule has 0 saturated carbocycles. The summed E-state index contributed by atoms with van der Waals surface area (Å²) in [6.45, 7) is 10.9. The molecule has 3 rings (SSSR count). The number of piperidine rings is 1. The van der Waals surface area contributed by atoms with Crippen LogP contribution in [0.15, 0.2) is 48.2 Å². The number of nitrogens with zero attached hydrogens (tertiary/aromatic N) is 2. The number of carbonyl (C=O) groups excluding carboxylic acids is 1. The molecule has 0 unspecified atom stereocenters. The lowest BCUT2D eigenvalue weighted by molar-refractivity contribution is 0.0237. The molecule has 2 aromatic rings. The van der Waals surface area contributed by atoms with Gasteiger partial charge in [0.15, 0.2) is 0 Å². The Hall–Kier alpha value is -2.86. The number of hydrogen-bond donors (Lipinski definition) is 1. The van der Waals surface area contributed by atoms with E-state index in [2.05, 4.69) is 11.1 Å². The van der Waals surface area contributed by atoms with E-state index in [0.717, 1.165) is 24.0 Å². The predicted octanol–water partition coefficient (Wildman–Crippen LogP) is 5.81. The van der Waals surface area contributed by atoms with Crippen LogP contribution in [0.1, 0.15) is 58.6 Å². The van der Waals surface area contributed by atoms with E-state index in [0.29, 0.717) is 24.7 Å². The van der Waals surface area contributed by atoms with Crippen molar-refractivity contribution < 1.29 is 19.4 Å². The van der Waals surface area contributed by atoms with Crippen molar-refractivity contribution in [2.75, 3.05) is 13.1 Å². The normalized spacial score (nSPS) is 13.7. The number of pyridine rings is 1. The number of ether oxygens (including phenoxy) is 2. The lowest BCUT2D eigenvalue weighted by Crippen LogP contribution is -2.40. The molecular weight excluding hydrogens is 392 g/mol. The van der Waals surface area contributed by atoms with Crippen LogP contribution in [-0.4, -0.2) is 39.8 Å². The lowest BCUT2D eigenvalue weighted by atomic mass is 10.0. The van der Waals surface area contributed by atoms with E-state index in [1.54, 1.807) is 23.2 Å². The van der Waals surface area contributed by atoms with Gasteiger partial charge in [0.1, 0.15) is 11.4 Å². The quantitative estimate of drug-likeness (QED) is 0.668. The molecule has 1 aliphatic heterocycles. The van der Waals surface area contributed by atoms with Gasteiger partial charge in [0.25, 0.3) is 0 Å². The predicted molar refractivity (Wildman–Crippen MR) is 123 cm³/mol. The number of hydrogen-bond acceptors (Lipinski definition) is 5. The first-order chi connectivity index (χ1) is 14.8. The van der Waals surface area contributed by atoms with Gasteiger partial charge in [-0.3, -0.25) is 0 Å². The monoisotopic (exact) mass is 426 g/mol. The second kappa shape index (κ2) is 11.5. The molecule has 2 heterocycles. The Kier molecular flexibility index (Phi) is 9.06. The zero-order chi connectivity index (χ0) is 22.9. The number of benzene rings is 1. The topological polar surface area (TPSA) is 71.9 Å². The summed E-state index contributed by atoms with van der Waals surface area (Å²) >= 11 is 0. The van der Waals surface area contributed by atoms with E-state index in [1.165, 1.54) is 5.57 Å². The van der Waals surface area contributed by atoms with E-state index < -0.39 is 5.60 Å². The smallest absolute Gasteiger partial charge is 0.410 e. The van der Waals surface area contributed by atoms with Crippen molar-refractivity contribution in [3.8, 4) is 11.6 Å². The van der Waals surface area contributed by atoms with E-state index in [9.17, 15) is 4.79 Å². The van der Waals surface area contributed by atoms with Gasteiger partial charge in [-0.15, -0.1) is 0 Å². The van der Waals surface area contributed by atoms with Gasteiger partial charge >= 0.3 is 6.09 Å². The maximum absolute atomic E-state index is 12.2. The number of aliphatic hydroxyl groups is 1. The highest BCUT2D eigenvalue weighted by Crippen LogP contribution is 2.25. The van der Waals surface area contributed by atoms with Gasteiger partial charge in [-0.2, -0.15) is 0 Å². The number of carbonyl (C=O) groups is 1. The number of aliphatic hydroxyl groups excluding tert-OH is 1. The molecule has 168 valence electrons. The van der Waals surface area contributed by atoms with Crippen LogP contribution in [0.4, 0.5) is 4.79 Å². The first kappa shape index (κ1) is 24.4. The molecule has 0 bridgehead atoms. The molecule has 6 nitrogen and oxygen atoms in total. The van der Waals surface area contributed by atoms with Gasteiger partial charge in [-0.25, -0.2) is 9.78 Å². The summed E-state index contributed by atoms with van der Waals surface area (Å²) in [5.41, 5.74) is 2.62. The van der Waals surface area contributed by atoms with Crippen LogP contribution >= 0.6 is 0 Å². The minimum atomic E-state index is -0.471. The van der Waals surface area contributed by atoms with Crippen molar-refractivity contribution in [3.63, 3.8) is 0 Å². The van der Waals surface area contributed by atoms with Gasteiger partial charge in [-0.05, 0) is 62.9 Å². The molecule has 0 atom stereocenters. The van der Waals surface area contributed by atoms with Crippen LogP contribution in [0.5, 0.6) is 11.6 Å². The first-order valence-corrected chi connectivity index (χ1v) is 10.8. The summed E-state index contributed by atoms with van der Waals surface area (Å²) in [6, 6.07) is 11.3. The highest BCUT2D eigenvalue weighted by Gasteiger charge is 2.24. The summed E-state index contributed by atoms with van der Waals surface area (Å²) in [5.74, 6) is 1.19. The Labute approximate surface area is 185 Å². The fourth-order valence-electron chi connectivity index (χ4n) is 3.04. The summed E-state index contributed by atoms with van der Waals surface area (Å²) in [6.07, 6.45) is 5.16. The molecule has 0 spiro atoms. The molecule has 1 N–H and O–H groups in total. The number of aromatic nitrogens is 1. The third kappa shape index (κ3) is 8.06. The average Bonchev–Trinajstić information content (AvgIpc) is 2.75. The number of amides is 1. The van der Waals surface area contributed by atoms with E-state index >= 15 is 0 Å². The van der Waals surface area contributed by atoms with Gasteiger partial charge in [0, 0.05) is 25.4 Å². The van der Waals surface area contributed by atoms with Crippen molar-refractivity contribution in [1.29, 1.82) is 0 Å². The van der Waals surface area contributed by atoms with Gasteiger partial charge in [-0.1, -0.05) is 37.6 Å². The zero-order valence-electron chi connectivity index (χ0n) is 19.2. The lowest BCUT2D eigenvalue weighted by Gasteiger charge is -2.31. The van der Waals surface area contributed by atoms with Crippen LogP contribution < -0.4 is 4.74 Å². The second-order valence-electron chi connectivity index (χ2n) is 8.11. The van der Waals surface area contributed by atoms with Crippen LogP contribution in [0.25, 0.3) is 6.08 Å². The van der Waals surface area contributed by atoms with Crippen LogP contribution in [-0.2, 0) is 11.3 Å². The fourth-order valence-corrected chi connectivity index (χ4v) is 3.04. The summed E-state index contributed by atoms with van der Waals surface area (Å²) in [5, 5.41) is 9.09. The molecular formula is C25H34N2O4. The van der Waals surface area contributed by atoms with Gasteiger partial charge in [0.2, 0.25) is 5.88 Å². The van der Waals surface area contributed by atoms with Crippen molar-refractivity contribution in [2.45, 2.75) is 59.7 Å². The Morgan fingerprint density at radius 1 is 1.16 bits per heavy atom. The third-order valence-corrected chi connectivity index (χ3v) is 4.49. The highest BCUT2D eigenvalue weighted by molar-refractivity contribution is 5.68. The Morgan fingerprint density at radius 2 is 1.87 bits per heavy atom. The van der Waals surface area contributed by atoms with Crippen molar-refractivity contribution in [3.05, 3.63) is 59.3 Å². The maximum Gasteiger partial charge on any atom is 0.410 e. The van der Waals surface area contributed by atoms with Crippen LogP contribution in [0, 0.1) is 0 Å². The van der Waals surface area contributed by atoms with E-state index in [4.69, 9.17) is 14.6 Å². The maximum atomic E-state index is 12.2. The van der Waals surface area contributed by atoms with Crippen molar-refractivity contribution in [1.82, 2.24) is 9.88 Å². The molecule has 1 aromatic carbocycles. The number of likely N-dealkylation sites (tertiary alicyclic amines) is 1. The molecule has 6 heteroatoms. The molecule has 1 aliphatic rings. The first-order valence-electron chi connectivity index (χ1n) is 10.8. The fraction of sp³-hybridized carbons (Fsp3) is 0.440. The largest absolute Gasteiger partial charge is 0.444 e. The Balaban J connectivity index is 0.00000166. The van der Waals surface area contributed by atoms with Crippen LogP contribution in [0.2, 0.25) is 0 Å². The second-order valence-corrected chi connectivity index (χ2v) is 8.11. The van der Waals surface area contributed by atoms with Gasteiger partial charge < -0.3 is 19.5 Å². The Morgan fingerprint density at radius 3 is 2.45 bits per heavy atom. The van der Waals surface area contributed by atoms with Crippen LogP contribution in [0.3, 0.4) is 0 Å². The summed E-state index contributed by atoms with van der Waals surface area (Å²) in [7, 11) is 0. The van der Waals surface area contributed by atoms with E-state index in [-0.39, 0.29) is 12.7 Å². The molecule has 1 fully saturated rings. The summed E-state index contributed by atoms with van der Waals surface area (Å²) < 4.78 is 11.3. The zero-order valence-corrected chi connectivity index (χ0v) is 19.2. The summed E-state index contributed by atoms with van der Waals surface area (Å²) in [4.78, 5) is 18.1.